The quantitative estimate of drug-likeness (QED) is 0.542. The van der Waals surface area contributed by atoms with Gasteiger partial charge in [-0.2, -0.15) is 10.4 Å². The number of hydrogen-bond donors (Lipinski definition) is 2. The van der Waals surface area contributed by atoms with Gasteiger partial charge in [0.1, 0.15) is 12.5 Å². The summed E-state index contributed by atoms with van der Waals surface area (Å²) in [7, 11) is 0. The fourth-order valence-electron chi connectivity index (χ4n) is 1.65. The number of carbonyl (C=O) groups is 1. The van der Waals surface area contributed by atoms with Crippen LogP contribution in [0.3, 0.4) is 0 Å². The molecule has 1 aromatic heterocycles. The maximum atomic E-state index is 11.7. The van der Waals surface area contributed by atoms with Crippen LogP contribution in [0.25, 0.3) is 0 Å². The molecule has 0 aliphatic carbocycles. The third-order valence-corrected chi connectivity index (χ3v) is 2.64. The van der Waals surface area contributed by atoms with Crippen LogP contribution < -0.4 is 5.73 Å². The number of carbonyl (C=O) groups excluding carboxylic acids is 1. The van der Waals surface area contributed by atoms with Gasteiger partial charge in [0.15, 0.2) is 0 Å². The lowest BCUT2D eigenvalue weighted by molar-refractivity contribution is -0.115. The van der Waals surface area contributed by atoms with Crippen molar-refractivity contribution in [3.63, 3.8) is 0 Å². The first-order chi connectivity index (χ1) is 8.15. The average molecular weight is 236 g/mol. The molecule has 0 unspecified atom stereocenters. The van der Waals surface area contributed by atoms with Gasteiger partial charge in [0.2, 0.25) is 5.72 Å². The Morgan fingerprint density at radius 1 is 1.82 bits per heavy atom. The number of nitrogens with zero attached hydrogens (tertiary/aromatic N) is 2. The fourth-order valence-corrected chi connectivity index (χ4v) is 1.65. The Morgan fingerprint density at radius 2 is 2.65 bits per heavy atom. The number of aromatic nitrogens is 2. The summed E-state index contributed by atoms with van der Waals surface area (Å²) >= 11 is 0. The third kappa shape index (κ3) is 2.27. The maximum Gasteiger partial charge on any atom is 0.343 e. The zero-order valence-corrected chi connectivity index (χ0v) is 9.05. The molecule has 1 aliphatic heterocycles. The monoisotopic (exact) mass is 236 g/mol. The first-order valence-corrected chi connectivity index (χ1v) is 5.14. The van der Waals surface area contributed by atoms with Gasteiger partial charge in [0.05, 0.1) is 17.8 Å². The molecule has 0 saturated carbocycles. The van der Waals surface area contributed by atoms with Crippen LogP contribution in [0.5, 0.6) is 0 Å². The second kappa shape index (κ2) is 4.53. The summed E-state index contributed by atoms with van der Waals surface area (Å²) in [5.41, 5.74) is 4.77. The van der Waals surface area contributed by atoms with Crippen LogP contribution in [0.15, 0.2) is 12.4 Å². The van der Waals surface area contributed by atoms with Gasteiger partial charge in [-0.25, -0.2) is 4.79 Å². The molecule has 2 heterocycles. The fraction of sp³-hybridized carbons (Fsp3) is 0.500. The van der Waals surface area contributed by atoms with Crippen LogP contribution in [0.1, 0.15) is 16.8 Å². The minimum absolute atomic E-state index is 0.0226. The van der Waals surface area contributed by atoms with Crippen molar-refractivity contribution in [2.75, 3.05) is 13.2 Å². The van der Waals surface area contributed by atoms with Crippen molar-refractivity contribution in [1.82, 2.24) is 10.2 Å². The molecule has 3 N–H and O–H groups in total. The highest BCUT2D eigenvalue weighted by atomic mass is 16.6. The van der Waals surface area contributed by atoms with E-state index in [0.29, 0.717) is 13.0 Å². The van der Waals surface area contributed by atoms with Crippen LogP contribution in [-0.2, 0) is 9.47 Å². The van der Waals surface area contributed by atoms with E-state index in [0.717, 1.165) is 0 Å². The van der Waals surface area contributed by atoms with E-state index in [1.54, 1.807) is 0 Å². The Kier molecular flexibility index (Phi) is 3.08. The van der Waals surface area contributed by atoms with E-state index < -0.39 is 17.6 Å². The first kappa shape index (κ1) is 11.6. The van der Waals surface area contributed by atoms with Gasteiger partial charge in [-0.3, -0.25) is 10.8 Å². The lowest BCUT2D eigenvalue weighted by atomic mass is 9.93. The second-order valence-corrected chi connectivity index (χ2v) is 3.85. The number of rotatable bonds is 2. The molecule has 0 aromatic carbocycles. The normalized spacial score (nSPS) is 28.4. The van der Waals surface area contributed by atoms with E-state index in [9.17, 15) is 4.79 Å². The molecule has 0 bridgehead atoms. The second-order valence-electron chi connectivity index (χ2n) is 3.85. The molecule has 2 rings (SSSR count). The largest absolute Gasteiger partial charge is 0.436 e. The Hall–Kier alpha value is -1.91. The topological polar surface area (TPSA) is 114 Å². The van der Waals surface area contributed by atoms with Crippen molar-refractivity contribution >= 4 is 5.97 Å². The number of nitrogens with two attached hydrogens (primary N) is 1. The van der Waals surface area contributed by atoms with Gasteiger partial charge in [-0.05, 0) is 6.42 Å². The lowest BCUT2D eigenvalue weighted by Crippen LogP contribution is -2.57. The summed E-state index contributed by atoms with van der Waals surface area (Å²) in [5.74, 6) is -1.18. The zero-order chi connectivity index (χ0) is 12.3. The third-order valence-electron chi connectivity index (χ3n) is 2.64. The Bertz CT molecular complexity index is 439. The van der Waals surface area contributed by atoms with Gasteiger partial charge in [0.25, 0.3) is 0 Å². The molecule has 1 aliphatic rings. The molecular weight excluding hydrogens is 224 g/mol. The van der Waals surface area contributed by atoms with Crippen LogP contribution in [0, 0.1) is 17.2 Å². The van der Waals surface area contributed by atoms with Crippen molar-refractivity contribution in [1.29, 1.82) is 5.26 Å². The standard InChI is InChI=1S/C10H12N4O3/c11-3-8-1-2-16-6-10(8,12)17-9(15)7-4-13-14-5-7/h4-5,8H,1-2,6,12H2,(H,13,14)/t8-,10-/m1/s1. The van der Waals surface area contributed by atoms with Crippen molar-refractivity contribution in [3.8, 4) is 6.07 Å². The van der Waals surface area contributed by atoms with E-state index in [2.05, 4.69) is 10.2 Å². The number of aromatic amines is 1. The SMILES string of the molecule is N#C[C@H]1CCOC[C@@]1(N)OC(=O)c1cn[nH]c1. The Morgan fingerprint density at radius 3 is 3.29 bits per heavy atom. The summed E-state index contributed by atoms with van der Waals surface area (Å²) < 4.78 is 10.3. The number of esters is 1. The van der Waals surface area contributed by atoms with Crippen LogP contribution in [0.2, 0.25) is 0 Å². The molecule has 1 fully saturated rings. The number of nitrogens with one attached hydrogen (secondary N) is 1. The first-order valence-electron chi connectivity index (χ1n) is 5.14. The molecule has 0 amide bonds. The van der Waals surface area contributed by atoms with Crippen molar-refractivity contribution in [2.45, 2.75) is 12.1 Å². The van der Waals surface area contributed by atoms with Gasteiger partial charge in [-0.1, -0.05) is 0 Å². The van der Waals surface area contributed by atoms with Gasteiger partial charge < -0.3 is 9.47 Å². The van der Waals surface area contributed by atoms with E-state index in [1.165, 1.54) is 12.4 Å². The van der Waals surface area contributed by atoms with Crippen molar-refractivity contribution < 1.29 is 14.3 Å². The summed E-state index contributed by atoms with van der Waals surface area (Å²) in [6.45, 7) is 0.468. The molecule has 7 heteroatoms. The molecule has 90 valence electrons. The van der Waals surface area contributed by atoms with Crippen LogP contribution in [-0.4, -0.2) is 35.1 Å². The zero-order valence-electron chi connectivity index (χ0n) is 9.05. The van der Waals surface area contributed by atoms with Crippen LogP contribution >= 0.6 is 0 Å². The minimum Gasteiger partial charge on any atom is -0.436 e. The smallest absolute Gasteiger partial charge is 0.343 e. The number of H-pyrrole nitrogens is 1. The predicted octanol–water partition coefficient (Wildman–Crippen LogP) is -0.218. The molecule has 2 atom stereocenters. The summed E-state index contributed by atoms with van der Waals surface area (Å²) in [4.78, 5) is 11.7. The van der Waals surface area contributed by atoms with E-state index in [4.69, 9.17) is 20.5 Å². The van der Waals surface area contributed by atoms with Crippen molar-refractivity contribution in [2.24, 2.45) is 11.7 Å². The van der Waals surface area contributed by atoms with Gasteiger partial charge in [0, 0.05) is 12.8 Å². The molecule has 1 saturated heterocycles. The summed E-state index contributed by atoms with van der Waals surface area (Å²) in [6, 6.07) is 2.04. The van der Waals surface area contributed by atoms with Crippen molar-refractivity contribution in [3.05, 3.63) is 18.0 Å². The molecule has 0 spiro atoms. The average Bonchev–Trinajstić information content (AvgIpc) is 2.82. The predicted molar refractivity (Wildman–Crippen MR) is 55.5 cm³/mol. The highest BCUT2D eigenvalue weighted by Gasteiger charge is 2.42. The Labute approximate surface area is 97.5 Å². The summed E-state index contributed by atoms with van der Waals surface area (Å²) in [6.07, 6.45) is 3.18. The molecule has 0 radical (unpaired) electrons. The van der Waals surface area contributed by atoms with Gasteiger partial charge >= 0.3 is 5.97 Å². The minimum atomic E-state index is -1.39. The van der Waals surface area contributed by atoms with E-state index in [1.807, 2.05) is 6.07 Å². The molecular formula is C10H12N4O3. The molecule has 1 aromatic rings. The van der Waals surface area contributed by atoms with E-state index >= 15 is 0 Å². The van der Waals surface area contributed by atoms with Gasteiger partial charge in [-0.15, -0.1) is 0 Å². The highest BCUT2D eigenvalue weighted by molar-refractivity contribution is 5.89. The Balaban J connectivity index is 2.11. The number of hydrogen-bond acceptors (Lipinski definition) is 6. The van der Waals surface area contributed by atoms with Crippen LogP contribution in [0.4, 0.5) is 0 Å². The van der Waals surface area contributed by atoms with E-state index in [-0.39, 0.29) is 12.2 Å². The molecule has 17 heavy (non-hydrogen) atoms. The lowest BCUT2D eigenvalue weighted by Gasteiger charge is -2.36. The maximum absolute atomic E-state index is 11.7. The number of ether oxygens (including phenoxy) is 2. The summed E-state index contributed by atoms with van der Waals surface area (Å²) in [5, 5.41) is 15.1. The number of nitriles is 1. The highest BCUT2D eigenvalue weighted by Crippen LogP contribution is 2.25. The molecule has 7 nitrogen and oxygen atoms in total.